The highest BCUT2D eigenvalue weighted by atomic mass is 35.5. The number of aryl methyl sites for hydroxylation is 1. The van der Waals surface area contributed by atoms with Crippen molar-refractivity contribution in [2.24, 2.45) is 5.10 Å². The minimum absolute atomic E-state index is 0.0958. The van der Waals surface area contributed by atoms with Gasteiger partial charge in [-0.1, -0.05) is 35.9 Å². The largest absolute Gasteiger partial charge is 0.508 e. The number of anilines is 2. The summed E-state index contributed by atoms with van der Waals surface area (Å²) in [6.07, 6.45) is 0. The Morgan fingerprint density at radius 3 is 2.57 bits per heavy atom. The minimum atomic E-state index is -0.433. The average molecular weight is 420 g/mol. The van der Waals surface area contributed by atoms with Crippen LogP contribution in [-0.2, 0) is 0 Å². The van der Waals surface area contributed by atoms with Crippen LogP contribution in [0.1, 0.15) is 15.9 Å². The molecule has 6 nitrogen and oxygen atoms in total. The van der Waals surface area contributed by atoms with E-state index in [4.69, 9.17) is 16.0 Å². The van der Waals surface area contributed by atoms with E-state index in [1.54, 1.807) is 43.3 Å². The van der Waals surface area contributed by atoms with Crippen molar-refractivity contribution in [1.82, 2.24) is 0 Å². The second kappa shape index (κ2) is 8.31. The van der Waals surface area contributed by atoms with E-state index in [0.29, 0.717) is 27.2 Å². The number of para-hydroxylation sites is 1. The fraction of sp³-hybridized carbons (Fsp3) is 0.0435. The monoisotopic (exact) mass is 419 g/mol. The van der Waals surface area contributed by atoms with Crippen molar-refractivity contribution < 1.29 is 14.3 Å². The van der Waals surface area contributed by atoms with E-state index < -0.39 is 5.91 Å². The highest BCUT2D eigenvalue weighted by Gasteiger charge is 2.14. The van der Waals surface area contributed by atoms with Crippen LogP contribution in [0.3, 0.4) is 0 Å². The zero-order chi connectivity index (χ0) is 21.1. The van der Waals surface area contributed by atoms with Gasteiger partial charge in [0, 0.05) is 22.2 Å². The Kier molecular flexibility index (Phi) is 5.41. The zero-order valence-corrected chi connectivity index (χ0v) is 16.8. The highest BCUT2D eigenvalue weighted by molar-refractivity contribution is 6.31. The van der Waals surface area contributed by atoms with Crippen molar-refractivity contribution in [3.8, 4) is 5.75 Å². The number of carbonyl (C=O) groups excluding carboxylic acids is 1. The van der Waals surface area contributed by atoms with Crippen LogP contribution in [0.25, 0.3) is 11.0 Å². The number of amides is 1. The number of nitrogens with one attached hydrogen (secondary N) is 2. The number of fused-ring (bicyclic) bond motifs is 1. The second-order valence-corrected chi connectivity index (χ2v) is 7.13. The molecule has 30 heavy (non-hydrogen) atoms. The lowest BCUT2D eigenvalue weighted by Crippen LogP contribution is -2.22. The van der Waals surface area contributed by atoms with Crippen LogP contribution in [0.5, 0.6) is 5.75 Å². The fourth-order valence-electron chi connectivity index (χ4n) is 2.86. The molecule has 3 aromatic carbocycles. The molecular weight excluding hydrogens is 402 g/mol. The lowest BCUT2D eigenvalue weighted by atomic mass is 10.1. The summed E-state index contributed by atoms with van der Waals surface area (Å²) < 4.78 is 5.87. The van der Waals surface area contributed by atoms with Gasteiger partial charge in [-0.15, -0.1) is 5.10 Å². The molecule has 7 heteroatoms. The van der Waals surface area contributed by atoms with Crippen LogP contribution in [-0.4, -0.2) is 11.0 Å². The van der Waals surface area contributed by atoms with E-state index in [-0.39, 0.29) is 16.9 Å². The first-order chi connectivity index (χ1) is 14.5. The average Bonchev–Trinajstić information content (AvgIpc) is 2.75. The summed E-state index contributed by atoms with van der Waals surface area (Å²) in [6.45, 7) is 1.78. The lowest BCUT2D eigenvalue weighted by molar-refractivity contribution is 0.102. The number of rotatable bonds is 4. The van der Waals surface area contributed by atoms with Gasteiger partial charge in [0.25, 0.3) is 5.91 Å². The molecule has 0 spiro atoms. The van der Waals surface area contributed by atoms with Crippen molar-refractivity contribution in [3.63, 3.8) is 0 Å². The van der Waals surface area contributed by atoms with E-state index in [1.807, 2.05) is 30.3 Å². The first kappa shape index (κ1) is 19.5. The molecule has 0 unspecified atom stereocenters. The maximum atomic E-state index is 13.0. The van der Waals surface area contributed by atoms with Crippen LogP contribution in [0.2, 0.25) is 5.02 Å². The second-order valence-electron chi connectivity index (χ2n) is 6.69. The van der Waals surface area contributed by atoms with Gasteiger partial charge in [0.15, 0.2) is 0 Å². The van der Waals surface area contributed by atoms with Crippen LogP contribution in [0.4, 0.5) is 11.4 Å². The number of hydrogen-bond acceptors (Lipinski definition) is 5. The van der Waals surface area contributed by atoms with Gasteiger partial charge in [0.1, 0.15) is 16.9 Å². The van der Waals surface area contributed by atoms with Crippen LogP contribution < -0.4 is 16.3 Å². The van der Waals surface area contributed by atoms with Crippen LogP contribution in [0, 0.1) is 6.92 Å². The van der Waals surface area contributed by atoms with Crippen molar-refractivity contribution in [1.29, 1.82) is 0 Å². The molecule has 3 N–H and O–H groups in total. The number of hydrogen-bond donors (Lipinski definition) is 3. The molecule has 0 saturated carbocycles. The molecule has 0 aliphatic carbocycles. The number of halogens is 1. The predicted octanol–water partition coefficient (Wildman–Crippen LogP) is 5.28. The fourth-order valence-corrected chi connectivity index (χ4v) is 3.04. The van der Waals surface area contributed by atoms with E-state index in [0.717, 1.165) is 5.69 Å². The SMILES string of the molecule is Cc1ccc(NC(=O)c2cc3cc(Cl)ccc3oc2=NNc2ccccc2)cc1O. The van der Waals surface area contributed by atoms with E-state index in [1.165, 1.54) is 6.07 Å². The molecule has 4 aromatic rings. The molecule has 0 bridgehead atoms. The van der Waals surface area contributed by atoms with Gasteiger partial charge in [-0.25, -0.2) is 0 Å². The van der Waals surface area contributed by atoms with E-state index >= 15 is 0 Å². The predicted molar refractivity (Wildman–Crippen MR) is 118 cm³/mol. The number of nitrogens with zero attached hydrogens (tertiary/aromatic N) is 1. The van der Waals surface area contributed by atoms with Crippen molar-refractivity contribution in [2.75, 3.05) is 10.7 Å². The summed E-state index contributed by atoms with van der Waals surface area (Å²) in [6, 6.07) is 21.0. The summed E-state index contributed by atoms with van der Waals surface area (Å²) in [5.74, 6) is -0.337. The molecule has 1 heterocycles. The molecule has 0 atom stereocenters. The molecule has 0 aliphatic rings. The van der Waals surface area contributed by atoms with Gasteiger partial charge in [-0.3, -0.25) is 10.2 Å². The van der Waals surface area contributed by atoms with Gasteiger partial charge in [-0.2, -0.15) is 0 Å². The first-order valence-corrected chi connectivity index (χ1v) is 9.56. The number of phenols is 1. The minimum Gasteiger partial charge on any atom is -0.508 e. The standard InChI is InChI=1S/C23H18ClN3O3/c1-14-7-9-18(13-20(14)28)25-22(29)19-12-15-11-16(24)8-10-21(15)30-23(19)27-26-17-5-3-2-4-6-17/h2-13,26,28H,1H3,(H,25,29). The Balaban J connectivity index is 1.76. The third-order valence-electron chi connectivity index (χ3n) is 4.48. The topological polar surface area (TPSA) is 86.9 Å². The molecule has 0 aliphatic heterocycles. The van der Waals surface area contributed by atoms with Gasteiger partial charge in [-0.05, 0) is 55.0 Å². The van der Waals surface area contributed by atoms with E-state index in [9.17, 15) is 9.90 Å². The maximum Gasteiger partial charge on any atom is 0.261 e. The Bertz CT molecular complexity index is 1300. The third-order valence-corrected chi connectivity index (χ3v) is 4.72. The van der Waals surface area contributed by atoms with Gasteiger partial charge >= 0.3 is 0 Å². The molecule has 4 rings (SSSR count). The summed E-state index contributed by atoms with van der Waals surface area (Å²) in [7, 11) is 0. The first-order valence-electron chi connectivity index (χ1n) is 9.19. The maximum absolute atomic E-state index is 13.0. The number of carbonyl (C=O) groups is 1. The van der Waals surface area contributed by atoms with Crippen molar-refractivity contribution >= 4 is 39.9 Å². The summed E-state index contributed by atoms with van der Waals surface area (Å²) >= 11 is 6.09. The Labute approximate surface area is 177 Å². The highest BCUT2D eigenvalue weighted by Crippen LogP contribution is 2.22. The zero-order valence-electron chi connectivity index (χ0n) is 16.0. The Hall–Kier alpha value is -3.77. The Morgan fingerprint density at radius 2 is 1.80 bits per heavy atom. The molecular formula is C23H18ClN3O3. The quantitative estimate of drug-likeness (QED) is 0.393. The summed E-state index contributed by atoms with van der Waals surface area (Å²) in [5.41, 5.74) is 5.68. The lowest BCUT2D eigenvalue weighted by Gasteiger charge is -2.08. The third kappa shape index (κ3) is 4.29. The molecule has 150 valence electrons. The number of benzene rings is 3. The van der Waals surface area contributed by atoms with Gasteiger partial charge in [0.05, 0.1) is 5.69 Å². The molecule has 0 saturated heterocycles. The van der Waals surface area contributed by atoms with Crippen molar-refractivity contribution in [3.05, 3.63) is 94.5 Å². The molecule has 0 fully saturated rings. The van der Waals surface area contributed by atoms with Crippen LogP contribution >= 0.6 is 11.6 Å². The van der Waals surface area contributed by atoms with Crippen LogP contribution in [0.15, 0.2) is 82.3 Å². The number of aromatic hydroxyl groups is 1. The van der Waals surface area contributed by atoms with Gasteiger partial charge in [0.2, 0.25) is 5.55 Å². The normalized spacial score (nSPS) is 11.5. The molecule has 1 amide bonds. The van der Waals surface area contributed by atoms with E-state index in [2.05, 4.69) is 15.8 Å². The Morgan fingerprint density at radius 1 is 1.00 bits per heavy atom. The smallest absolute Gasteiger partial charge is 0.261 e. The van der Waals surface area contributed by atoms with Crippen molar-refractivity contribution in [2.45, 2.75) is 6.92 Å². The summed E-state index contributed by atoms with van der Waals surface area (Å²) in [4.78, 5) is 13.0. The van der Waals surface area contributed by atoms with Gasteiger partial charge < -0.3 is 14.8 Å². The number of phenolic OH excluding ortho intramolecular Hbond substituents is 1. The molecule has 0 radical (unpaired) electrons. The molecule has 1 aromatic heterocycles. The summed E-state index contributed by atoms with van der Waals surface area (Å²) in [5, 5.41) is 18.1.